The third-order valence-electron chi connectivity index (χ3n) is 2.79. The van der Waals surface area contributed by atoms with Crippen LogP contribution in [-0.2, 0) is 18.3 Å². The van der Waals surface area contributed by atoms with Crippen LogP contribution in [0.15, 0.2) is 6.20 Å². The lowest BCUT2D eigenvalue weighted by molar-refractivity contribution is -0.116. The highest BCUT2D eigenvalue weighted by atomic mass is 16.1. The van der Waals surface area contributed by atoms with E-state index in [2.05, 4.69) is 10.4 Å². The van der Waals surface area contributed by atoms with Crippen LogP contribution in [0.2, 0.25) is 0 Å². The first-order chi connectivity index (χ1) is 7.93. The molecule has 0 saturated heterocycles. The number of nitrogens with two attached hydrogens (primary N) is 1. The van der Waals surface area contributed by atoms with Crippen LogP contribution in [0.25, 0.3) is 0 Å². The van der Waals surface area contributed by atoms with Gasteiger partial charge in [0.25, 0.3) is 0 Å². The first kappa shape index (κ1) is 13.7. The van der Waals surface area contributed by atoms with Crippen molar-refractivity contribution in [1.82, 2.24) is 9.78 Å². The molecule has 0 radical (unpaired) electrons. The van der Waals surface area contributed by atoms with Crippen LogP contribution in [0.5, 0.6) is 0 Å². The predicted octanol–water partition coefficient (Wildman–Crippen LogP) is 1.29. The summed E-state index contributed by atoms with van der Waals surface area (Å²) >= 11 is 0. The monoisotopic (exact) mass is 238 g/mol. The molecule has 1 aromatic rings. The average molecular weight is 238 g/mol. The van der Waals surface area contributed by atoms with Gasteiger partial charge in [-0.25, -0.2) is 0 Å². The van der Waals surface area contributed by atoms with Gasteiger partial charge in [-0.3, -0.25) is 9.48 Å². The van der Waals surface area contributed by atoms with Gasteiger partial charge < -0.3 is 11.1 Å². The van der Waals surface area contributed by atoms with Crippen molar-refractivity contribution in [3.63, 3.8) is 0 Å². The van der Waals surface area contributed by atoms with Crippen LogP contribution >= 0.6 is 0 Å². The van der Waals surface area contributed by atoms with Crippen LogP contribution in [0.3, 0.4) is 0 Å². The number of rotatable bonds is 5. The first-order valence-corrected chi connectivity index (χ1v) is 6.02. The molecule has 1 atom stereocenters. The minimum absolute atomic E-state index is 0.0473. The number of carbonyl (C=O) groups is 1. The van der Waals surface area contributed by atoms with E-state index in [4.69, 9.17) is 5.73 Å². The van der Waals surface area contributed by atoms with Crippen LogP contribution in [0.4, 0.5) is 5.69 Å². The zero-order chi connectivity index (χ0) is 13.0. The number of aryl methyl sites for hydroxylation is 2. The van der Waals surface area contributed by atoms with E-state index in [1.165, 1.54) is 0 Å². The minimum atomic E-state index is -0.100. The first-order valence-electron chi connectivity index (χ1n) is 6.02. The summed E-state index contributed by atoms with van der Waals surface area (Å²) in [6.07, 6.45) is 2.96. The van der Waals surface area contributed by atoms with Crippen LogP contribution in [0.1, 0.15) is 32.9 Å². The maximum Gasteiger partial charge on any atom is 0.226 e. The van der Waals surface area contributed by atoms with Gasteiger partial charge in [0.15, 0.2) is 0 Å². The van der Waals surface area contributed by atoms with E-state index < -0.39 is 0 Å². The summed E-state index contributed by atoms with van der Waals surface area (Å²) < 4.78 is 1.71. The Morgan fingerprint density at radius 3 is 2.76 bits per heavy atom. The summed E-state index contributed by atoms with van der Waals surface area (Å²) in [5, 5.41) is 7.13. The molecule has 5 nitrogen and oxygen atoms in total. The number of hydrogen-bond acceptors (Lipinski definition) is 3. The molecule has 0 spiro atoms. The zero-order valence-corrected chi connectivity index (χ0v) is 11.0. The highest BCUT2D eigenvalue weighted by molar-refractivity contribution is 5.91. The molecular formula is C12H22N4O. The Hall–Kier alpha value is -1.36. The van der Waals surface area contributed by atoms with Crippen LogP contribution in [-0.4, -0.2) is 21.7 Å². The Kier molecular flexibility index (Phi) is 4.69. The molecule has 0 saturated carbocycles. The predicted molar refractivity (Wildman–Crippen MR) is 68.6 cm³/mol. The van der Waals surface area contributed by atoms with E-state index in [1.807, 2.05) is 34.0 Å². The number of anilines is 1. The van der Waals surface area contributed by atoms with Gasteiger partial charge in [0, 0.05) is 25.7 Å². The summed E-state index contributed by atoms with van der Waals surface area (Å²) in [7, 11) is 1.84. The Bertz CT molecular complexity index is 384. The maximum absolute atomic E-state index is 11.8. The van der Waals surface area contributed by atoms with Crippen molar-refractivity contribution in [1.29, 1.82) is 0 Å². The molecule has 3 N–H and O–H groups in total. The van der Waals surface area contributed by atoms with E-state index >= 15 is 0 Å². The van der Waals surface area contributed by atoms with E-state index in [1.54, 1.807) is 4.68 Å². The summed E-state index contributed by atoms with van der Waals surface area (Å²) in [4.78, 5) is 11.8. The van der Waals surface area contributed by atoms with Crippen molar-refractivity contribution < 1.29 is 4.79 Å². The minimum Gasteiger partial charge on any atom is -0.327 e. The number of nitrogens with zero attached hydrogens (tertiary/aromatic N) is 2. The van der Waals surface area contributed by atoms with Gasteiger partial charge in [0.1, 0.15) is 0 Å². The summed E-state index contributed by atoms with van der Waals surface area (Å²) in [6, 6.07) is -0.100. The van der Waals surface area contributed by atoms with Gasteiger partial charge in [-0.2, -0.15) is 5.10 Å². The fraction of sp³-hybridized carbons (Fsp3) is 0.667. The van der Waals surface area contributed by atoms with E-state index in [-0.39, 0.29) is 11.9 Å². The van der Waals surface area contributed by atoms with E-state index in [9.17, 15) is 4.79 Å². The molecule has 0 aliphatic carbocycles. The molecule has 0 aliphatic heterocycles. The molecule has 1 unspecified atom stereocenters. The molecule has 0 bridgehead atoms. The fourth-order valence-corrected chi connectivity index (χ4v) is 1.55. The molecule has 0 fully saturated rings. The van der Waals surface area contributed by atoms with Gasteiger partial charge >= 0.3 is 0 Å². The highest BCUT2D eigenvalue weighted by Crippen LogP contribution is 2.14. The maximum atomic E-state index is 11.8. The number of nitrogens with one attached hydrogen (secondary N) is 1. The summed E-state index contributed by atoms with van der Waals surface area (Å²) in [5.74, 6) is 0.259. The number of amides is 1. The summed E-state index contributed by atoms with van der Waals surface area (Å²) in [6.45, 7) is 6.04. The zero-order valence-electron chi connectivity index (χ0n) is 11.0. The van der Waals surface area contributed by atoms with Crippen molar-refractivity contribution in [2.45, 2.75) is 39.7 Å². The summed E-state index contributed by atoms with van der Waals surface area (Å²) in [5.41, 5.74) is 7.55. The topological polar surface area (TPSA) is 72.9 Å². The average Bonchev–Trinajstić information content (AvgIpc) is 2.58. The lowest BCUT2D eigenvalue weighted by Crippen LogP contribution is -2.31. The second-order valence-corrected chi connectivity index (χ2v) is 4.68. The Balaban J connectivity index is 2.61. The van der Waals surface area contributed by atoms with Crippen LogP contribution < -0.4 is 11.1 Å². The van der Waals surface area contributed by atoms with Crippen molar-refractivity contribution in [2.75, 3.05) is 5.32 Å². The number of hydrogen-bond donors (Lipinski definition) is 2. The van der Waals surface area contributed by atoms with Crippen LogP contribution in [0, 0.1) is 5.92 Å². The molecule has 96 valence electrons. The van der Waals surface area contributed by atoms with Crippen molar-refractivity contribution in [3.8, 4) is 0 Å². The molecule has 1 aromatic heterocycles. The van der Waals surface area contributed by atoms with Gasteiger partial charge in [0.2, 0.25) is 5.91 Å². The second kappa shape index (κ2) is 5.82. The smallest absolute Gasteiger partial charge is 0.226 e. The molecule has 1 heterocycles. The molecular weight excluding hydrogens is 216 g/mol. The van der Waals surface area contributed by atoms with Crippen molar-refractivity contribution in [2.24, 2.45) is 18.7 Å². The van der Waals surface area contributed by atoms with E-state index in [0.717, 1.165) is 17.8 Å². The molecule has 5 heteroatoms. The Morgan fingerprint density at radius 1 is 1.59 bits per heavy atom. The number of carbonyl (C=O) groups excluding carboxylic acids is 1. The molecule has 1 amide bonds. The Labute approximate surface area is 102 Å². The van der Waals surface area contributed by atoms with Gasteiger partial charge in [-0.05, 0) is 12.3 Å². The fourth-order valence-electron chi connectivity index (χ4n) is 1.55. The largest absolute Gasteiger partial charge is 0.327 e. The standard InChI is InChI=1S/C12H22N4O/c1-5-10-11(7-16(4)15-10)14-12(17)6-9(13)8(2)3/h7-9H,5-6,13H2,1-4H3,(H,14,17). The molecule has 0 aliphatic rings. The second-order valence-electron chi connectivity index (χ2n) is 4.68. The van der Waals surface area contributed by atoms with Gasteiger partial charge in [-0.15, -0.1) is 0 Å². The SMILES string of the molecule is CCc1nn(C)cc1NC(=O)CC(N)C(C)C. The number of aromatic nitrogens is 2. The normalized spacial score (nSPS) is 12.8. The molecule has 17 heavy (non-hydrogen) atoms. The van der Waals surface area contributed by atoms with Crippen molar-refractivity contribution >= 4 is 11.6 Å². The molecule has 1 rings (SSSR count). The third kappa shape index (κ3) is 3.85. The van der Waals surface area contributed by atoms with E-state index in [0.29, 0.717) is 12.3 Å². The highest BCUT2D eigenvalue weighted by Gasteiger charge is 2.15. The quantitative estimate of drug-likeness (QED) is 0.812. The Morgan fingerprint density at radius 2 is 2.24 bits per heavy atom. The van der Waals surface area contributed by atoms with Crippen molar-refractivity contribution in [3.05, 3.63) is 11.9 Å². The third-order valence-corrected chi connectivity index (χ3v) is 2.79. The lowest BCUT2D eigenvalue weighted by atomic mass is 10.0. The van der Waals surface area contributed by atoms with Gasteiger partial charge in [-0.1, -0.05) is 20.8 Å². The lowest BCUT2D eigenvalue weighted by Gasteiger charge is -2.14. The molecule has 0 aromatic carbocycles. The van der Waals surface area contributed by atoms with Gasteiger partial charge in [0.05, 0.1) is 11.4 Å².